The number of ether oxygens (including phenoxy) is 1. The van der Waals surface area contributed by atoms with Crippen molar-refractivity contribution in [2.75, 3.05) is 46.4 Å². The standard InChI is InChI=1S/C15H22FN3O2/c1-21-11-6-17-15(20)19-9-7-18(8-10-19)12-13-4-2-3-5-14(13)16/h2-5H,6-12H2,1H3,(H,17,20). The van der Waals surface area contributed by atoms with Crippen molar-refractivity contribution < 1.29 is 13.9 Å². The molecule has 0 radical (unpaired) electrons. The summed E-state index contributed by atoms with van der Waals surface area (Å²) in [6.07, 6.45) is 0. The molecule has 0 unspecified atom stereocenters. The lowest BCUT2D eigenvalue weighted by atomic mass is 10.2. The zero-order chi connectivity index (χ0) is 15.1. The maximum Gasteiger partial charge on any atom is 0.317 e. The van der Waals surface area contributed by atoms with Gasteiger partial charge in [0.25, 0.3) is 0 Å². The van der Waals surface area contributed by atoms with Crippen molar-refractivity contribution in [2.45, 2.75) is 6.54 Å². The second-order valence-electron chi connectivity index (χ2n) is 5.08. The average Bonchev–Trinajstić information content (AvgIpc) is 2.50. The van der Waals surface area contributed by atoms with Gasteiger partial charge in [-0.05, 0) is 6.07 Å². The first-order valence-corrected chi connectivity index (χ1v) is 7.18. The lowest BCUT2D eigenvalue weighted by Crippen LogP contribution is -2.51. The third-order valence-electron chi connectivity index (χ3n) is 3.59. The van der Waals surface area contributed by atoms with Crippen LogP contribution in [-0.2, 0) is 11.3 Å². The van der Waals surface area contributed by atoms with Crippen molar-refractivity contribution in [3.05, 3.63) is 35.6 Å². The van der Waals surface area contributed by atoms with E-state index in [2.05, 4.69) is 10.2 Å². The topological polar surface area (TPSA) is 44.8 Å². The number of carbonyl (C=O) groups excluding carboxylic acids is 1. The molecule has 1 aliphatic rings. The molecule has 1 fully saturated rings. The Morgan fingerprint density at radius 3 is 2.67 bits per heavy atom. The average molecular weight is 295 g/mol. The highest BCUT2D eigenvalue weighted by Crippen LogP contribution is 2.12. The van der Waals surface area contributed by atoms with Gasteiger partial charge >= 0.3 is 6.03 Å². The number of rotatable bonds is 5. The van der Waals surface area contributed by atoms with E-state index in [1.807, 2.05) is 6.07 Å². The molecule has 0 aromatic heterocycles. The molecule has 116 valence electrons. The minimum atomic E-state index is -0.169. The molecule has 1 aromatic rings. The highest BCUT2D eigenvalue weighted by atomic mass is 19.1. The molecule has 0 aliphatic carbocycles. The van der Waals surface area contributed by atoms with Crippen molar-refractivity contribution in [3.8, 4) is 0 Å². The van der Waals surface area contributed by atoms with E-state index in [9.17, 15) is 9.18 Å². The predicted molar refractivity (Wildman–Crippen MR) is 78.5 cm³/mol. The predicted octanol–water partition coefficient (Wildman–Crippen LogP) is 1.30. The number of nitrogens with zero attached hydrogens (tertiary/aromatic N) is 2. The number of nitrogens with one attached hydrogen (secondary N) is 1. The summed E-state index contributed by atoms with van der Waals surface area (Å²) in [4.78, 5) is 15.8. The van der Waals surface area contributed by atoms with Crippen molar-refractivity contribution in [3.63, 3.8) is 0 Å². The van der Waals surface area contributed by atoms with Gasteiger partial charge < -0.3 is 15.0 Å². The maximum absolute atomic E-state index is 13.6. The Labute approximate surface area is 124 Å². The SMILES string of the molecule is COCCNC(=O)N1CCN(Cc2ccccc2F)CC1. The molecule has 0 spiro atoms. The second-order valence-corrected chi connectivity index (χ2v) is 5.08. The summed E-state index contributed by atoms with van der Waals surface area (Å²) in [6, 6.07) is 6.77. The van der Waals surface area contributed by atoms with E-state index < -0.39 is 0 Å². The fourth-order valence-corrected chi connectivity index (χ4v) is 2.35. The first-order chi connectivity index (χ1) is 10.2. The van der Waals surface area contributed by atoms with Gasteiger partial charge in [0.1, 0.15) is 5.82 Å². The van der Waals surface area contributed by atoms with Crippen molar-refractivity contribution >= 4 is 6.03 Å². The second kappa shape index (κ2) is 7.95. The number of benzene rings is 1. The van der Waals surface area contributed by atoms with E-state index in [4.69, 9.17) is 4.74 Å². The minimum Gasteiger partial charge on any atom is -0.383 e. The Bertz CT molecular complexity index is 462. The zero-order valence-corrected chi connectivity index (χ0v) is 12.3. The number of urea groups is 1. The van der Waals surface area contributed by atoms with Crippen LogP contribution in [0.25, 0.3) is 0 Å². The number of piperazine rings is 1. The molecular formula is C15H22FN3O2. The summed E-state index contributed by atoms with van der Waals surface area (Å²) in [7, 11) is 1.60. The van der Waals surface area contributed by atoms with Gasteiger partial charge in [0.15, 0.2) is 0 Å². The highest BCUT2D eigenvalue weighted by Gasteiger charge is 2.21. The number of methoxy groups -OCH3 is 1. The largest absolute Gasteiger partial charge is 0.383 e. The third-order valence-corrected chi connectivity index (χ3v) is 3.59. The van der Waals surface area contributed by atoms with Crippen LogP contribution < -0.4 is 5.32 Å². The van der Waals surface area contributed by atoms with Crippen LogP contribution in [0, 0.1) is 5.82 Å². The monoisotopic (exact) mass is 295 g/mol. The lowest BCUT2D eigenvalue weighted by molar-refractivity contribution is 0.131. The molecular weight excluding hydrogens is 273 g/mol. The highest BCUT2D eigenvalue weighted by molar-refractivity contribution is 5.74. The van der Waals surface area contributed by atoms with E-state index >= 15 is 0 Å². The Morgan fingerprint density at radius 1 is 1.29 bits per heavy atom. The third kappa shape index (κ3) is 4.68. The van der Waals surface area contributed by atoms with E-state index in [1.54, 1.807) is 24.1 Å². The molecule has 1 aliphatic heterocycles. The van der Waals surface area contributed by atoms with Crippen molar-refractivity contribution in [1.82, 2.24) is 15.1 Å². The van der Waals surface area contributed by atoms with Crippen LogP contribution in [0.15, 0.2) is 24.3 Å². The molecule has 0 bridgehead atoms. The van der Waals surface area contributed by atoms with Gasteiger partial charge in [0.2, 0.25) is 0 Å². The molecule has 2 amide bonds. The Kier molecular flexibility index (Phi) is 5.95. The summed E-state index contributed by atoms with van der Waals surface area (Å²) in [5.41, 5.74) is 0.704. The number of hydrogen-bond acceptors (Lipinski definition) is 3. The molecule has 0 atom stereocenters. The van der Waals surface area contributed by atoms with Gasteiger partial charge in [-0.15, -0.1) is 0 Å². The molecule has 1 N–H and O–H groups in total. The number of hydrogen-bond donors (Lipinski definition) is 1. The molecule has 6 heteroatoms. The molecule has 1 heterocycles. The Hall–Kier alpha value is -1.66. The Morgan fingerprint density at radius 2 is 2.00 bits per heavy atom. The van der Waals surface area contributed by atoms with Crippen LogP contribution in [0.2, 0.25) is 0 Å². The van der Waals surface area contributed by atoms with E-state index in [0.717, 1.165) is 13.1 Å². The zero-order valence-electron chi connectivity index (χ0n) is 12.3. The van der Waals surface area contributed by atoms with Crippen LogP contribution >= 0.6 is 0 Å². The van der Waals surface area contributed by atoms with Crippen molar-refractivity contribution in [2.24, 2.45) is 0 Å². The van der Waals surface area contributed by atoms with Gasteiger partial charge in [-0.2, -0.15) is 0 Å². The molecule has 1 saturated heterocycles. The van der Waals surface area contributed by atoms with Gasteiger partial charge in [0, 0.05) is 51.9 Å². The van der Waals surface area contributed by atoms with E-state index in [0.29, 0.717) is 38.3 Å². The lowest BCUT2D eigenvalue weighted by Gasteiger charge is -2.34. The normalized spacial score (nSPS) is 16.0. The van der Waals surface area contributed by atoms with E-state index in [-0.39, 0.29) is 11.8 Å². The summed E-state index contributed by atoms with van der Waals surface area (Å²) >= 11 is 0. The molecule has 1 aromatic carbocycles. The van der Waals surface area contributed by atoms with Crippen LogP contribution in [-0.4, -0.2) is 62.3 Å². The fraction of sp³-hybridized carbons (Fsp3) is 0.533. The molecule has 21 heavy (non-hydrogen) atoms. The van der Waals surface area contributed by atoms with Crippen LogP contribution in [0.1, 0.15) is 5.56 Å². The minimum absolute atomic E-state index is 0.0578. The first kappa shape index (κ1) is 15.7. The van der Waals surface area contributed by atoms with Crippen LogP contribution in [0.3, 0.4) is 0 Å². The van der Waals surface area contributed by atoms with Gasteiger partial charge in [-0.3, -0.25) is 4.90 Å². The van der Waals surface area contributed by atoms with Gasteiger partial charge in [0.05, 0.1) is 6.61 Å². The molecule has 2 rings (SSSR count). The quantitative estimate of drug-likeness (QED) is 0.833. The summed E-state index contributed by atoms with van der Waals surface area (Å²) in [5.74, 6) is -0.169. The number of halogens is 1. The van der Waals surface area contributed by atoms with Crippen LogP contribution in [0.4, 0.5) is 9.18 Å². The molecule has 5 nitrogen and oxygen atoms in total. The van der Waals surface area contributed by atoms with Crippen LogP contribution in [0.5, 0.6) is 0 Å². The fourth-order valence-electron chi connectivity index (χ4n) is 2.35. The summed E-state index contributed by atoms with van der Waals surface area (Å²) < 4.78 is 18.5. The van der Waals surface area contributed by atoms with Crippen molar-refractivity contribution in [1.29, 1.82) is 0 Å². The van der Waals surface area contributed by atoms with E-state index in [1.165, 1.54) is 6.07 Å². The summed E-state index contributed by atoms with van der Waals surface area (Å²) in [6.45, 7) is 4.45. The maximum atomic E-state index is 13.6. The van der Waals surface area contributed by atoms with Gasteiger partial charge in [-0.25, -0.2) is 9.18 Å². The first-order valence-electron chi connectivity index (χ1n) is 7.18. The molecule has 0 saturated carbocycles. The number of carbonyl (C=O) groups is 1. The smallest absolute Gasteiger partial charge is 0.317 e. The Balaban J connectivity index is 1.75. The number of amides is 2. The summed E-state index contributed by atoms with van der Waals surface area (Å²) in [5, 5.41) is 2.81. The van der Waals surface area contributed by atoms with Gasteiger partial charge in [-0.1, -0.05) is 18.2 Å².